The summed E-state index contributed by atoms with van der Waals surface area (Å²) in [6, 6.07) is 12.5. The molecule has 186 valence electrons. The molecule has 2 aliphatic heterocycles. The van der Waals surface area contributed by atoms with Crippen molar-refractivity contribution in [3.05, 3.63) is 98.9 Å². The zero-order valence-corrected chi connectivity index (χ0v) is 21.5. The smallest absolute Gasteiger partial charge is 0.246 e. The number of allylic oxidation sites excluding steroid dienone is 5. The Balaban J connectivity index is 1.33. The molecule has 2 saturated carbocycles. The van der Waals surface area contributed by atoms with Gasteiger partial charge in [0.2, 0.25) is 0 Å². The Bertz CT molecular complexity index is 1800. The lowest BCUT2D eigenvalue weighted by Crippen LogP contribution is -2.66. The van der Waals surface area contributed by atoms with Gasteiger partial charge in [-0.2, -0.15) is 0 Å². The number of aromatic nitrogens is 3. The van der Waals surface area contributed by atoms with Crippen LogP contribution in [0.5, 0.6) is 0 Å². The highest BCUT2D eigenvalue weighted by Gasteiger charge is 2.70. The molecule has 0 N–H and O–H groups in total. The first-order valence-electron chi connectivity index (χ1n) is 13.8. The first-order chi connectivity index (χ1) is 17.8. The molecular formula is C32H31N3O2. The number of benzene rings is 2. The standard InChI is InChI=1S/C32H31N3O2/c1-29(2)21-13-14-30(29,3)25(18-21)33-27(36)34-23-10-11-24(35(34)28(33)37)32-17-16-31(23,32)15-12-20-9-8-19-6-4-5-7-22(19)26(20)32/h4-12,15-17,21,23-25H,13-14,18H2,1-3H3/t21-,23+,24+,25+,30+,31-,32+/m0/s1. The molecule has 7 aliphatic rings. The minimum atomic E-state index is -0.377. The van der Waals surface area contributed by atoms with Crippen molar-refractivity contribution in [1.29, 1.82) is 0 Å². The molecule has 7 atom stereocenters. The van der Waals surface area contributed by atoms with E-state index in [0.29, 0.717) is 5.92 Å². The predicted molar refractivity (Wildman–Crippen MR) is 145 cm³/mol. The van der Waals surface area contributed by atoms with E-state index in [1.165, 1.54) is 28.3 Å². The topological polar surface area (TPSA) is 48.9 Å². The van der Waals surface area contributed by atoms with Crippen LogP contribution in [0, 0.1) is 22.2 Å². The summed E-state index contributed by atoms with van der Waals surface area (Å²) in [6.45, 7) is 7.01. The highest BCUT2D eigenvalue weighted by Crippen LogP contribution is 2.72. The van der Waals surface area contributed by atoms with Crippen molar-refractivity contribution < 1.29 is 0 Å². The van der Waals surface area contributed by atoms with Gasteiger partial charge in [-0.05, 0) is 57.9 Å². The second kappa shape index (κ2) is 5.87. The Morgan fingerprint density at radius 1 is 0.865 bits per heavy atom. The maximum absolute atomic E-state index is 14.4. The van der Waals surface area contributed by atoms with Crippen LogP contribution < -0.4 is 11.4 Å². The van der Waals surface area contributed by atoms with Crippen molar-refractivity contribution in [2.75, 3.05) is 0 Å². The summed E-state index contributed by atoms with van der Waals surface area (Å²) in [5.74, 6) is 0.560. The van der Waals surface area contributed by atoms with E-state index >= 15 is 0 Å². The van der Waals surface area contributed by atoms with Gasteiger partial charge in [0.05, 0.1) is 17.5 Å². The van der Waals surface area contributed by atoms with E-state index in [4.69, 9.17) is 0 Å². The molecule has 3 aromatic rings. The largest absolute Gasteiger partial charge is 0.348 e. The summed E-state index contributed by atoms with van der Waals surface area (Å²) < 4.78 is 5.32. The maximum atomic E-state index is 14.4. The van der Waals surface area contributed by atoms with Crippen LogP contribution in [-0.2, 0) is 5.41 Å². The Morgan fingerprint density at radius 2 is 1.62 bits per heavy atom. The van der Waals surface area contributed by atoms with Gasteiger partial charge < -0.3 is 0 Å². The average molecular weight is 490 g/mol. The van der Waals surface area contributed by atoms with E-state index in [9.17, 15) is 9.59 Å². The lowest BCUT2D eigenvalue weighted by molar-refractivity contribution is 0.0448. The molecule has 3 heterocycles. The Kier molecular flexibility index (Phi) is 3.28. The molecule has 0 spiro atoms. The quantitative estimate of drug-likeness (QED) is 0.422. The third kappa shape index (κ3) is 1.85. The molecule has 0 saturated heterocycles. The SMILES string of the molecule is CC1(C)[C@H]2CC[C@]1(C)[C@H](n1c(=O)n3n(c1=O)[C@@H]1C=C[C@@H]3[C@@]34C=Cc5ccc6ccccc6c5[C@@]13C=C4)C2. The fourth-order valence-corrected chi connectivity index (χ4v) is 9.90. The molecule has 2 fully saturated rings. The average Bonchev–Trinajstić information content (AvgIpc) is 3.36. The van der Waals surface area contributed by atoms with Gasteiger partial charge in [0.1, 0.15) is 0 Å². The molecule has 2 aromatic carbocycles. The number of nitrogens with zero attached hydrogens (tertiary/aromatic N) is 3. The minimum absolute atomic E-state index is 0.0439. The molecule has 0 radical (unpaired) electrons. The number of fused-ring (bicyclic) bond motifs is 5. The fourth-order valence-electron chi connectivity index (χ4n) is 9.90. The van der Waals surface area contributed by atoms with Crippen molar-refractivity contribution in [2.24, 2.45) is 22.2 Å². The van der Waals surface area contributed by atoms with E-state index in [1.807, 2.05) is 9.36 Å². The summed E-state index contributed by atoms with van der Waals surface area (Å²) in [5.41, 5.74) is 1.61. The molecule has 4 bridgehead atoms. The summed E-state index contributed by atoms with van der Waals surface area (Å²) in [7, 11) is 0. The first-order valence-corrected chi connectivity index (χ1v) is 13.8. The highest BCUT2D eigenvalue weighted by atomic mass is 16.2. The van der Waals surface area contributed by atoms with E-state index in [0.717, 1.165) is 12.8 Å². The van der Waals surface area contributed by atoms with Gasteiger partial charge in [0.25, 0.3) is 0 Å². The summed E-state index contributed by atoms with van der Waals surface area (Å²) in [4.78, 5) is 28.7. The fraction of sp³-hybridized carbons (Fsp3) is 0.438. The van der Waals surface area contributed by atoms with Crippen molar-refractivity contribution in [2.45, 2.75) is 63.6 Å². The molecule has 5 heteroatoms. The summed E-state index contributed by atoms with van der Waals surface area (Å²) in [5, 5.41) is 2.45. The zero-order valence-electron chi connectivity index (χ0n) is 21.5. The predicted octanol–water partition coefficient (Wildman–Crippen LogP) is 5.54. The third-order valence-corrected chi connectivity index (χ3v) is 12.3. The van der Waals surface area contributed by atoms with E-state index in [2.05, 4.69) is 93.6 Å². The molecule has 1 aromatic heterocycles. The Hall–Kier alpha value is -3.34. The molecule has 0 unspecified atom stereocenters. The third-order valence-electron chi connectivity index (χ3n) is 12.3. The Morgan fingerprint density at radius 3 is 2.32 bits per heavy atom. The van der Waals surface area contributed by atoms with Gasteiger partial charge in [-0.25, -0.2) is 23.5 Å². The van der Waals surface area contributed by atoms with Crippen LogP contribution in [-0.4, -0.2) is 13.9 Å². The molecule has 0 amide bonds. The second-order valence-corrected chi connectivity index (χ2v) is 13.2. The van der Waals surface area contributed by atoms with E-state index in [-0.39, 0.29) is 51.2 Å². The van der Waals surface area contributed by atoms with Crippen molar-refractivity contribution in [3.8, 4) is 0 Å². The van der Waals surface area contributed by atoms with Crippen LogP contribution in [0.25, 0.3) is 16.8 Å². The second-order valence-electron chi connectivity index (χ2n) is 13.2. The van der Waals surface area contributed by atoms with Gasteiger partial charge in [-0.1, -0.05) is 93.6 Å². The maximum Gasteiger partial charge on any atom is 0.348 e. The first kappa shape index (κ1) is 20.7. The molecular weight excluding hydrogens is 458 g/mol. The summed E-state index contributed by atoms with van der Waals surface area (Å²) in [6.07, 6.45) is 16.7. The molecule has 5 aliphatic carbocycles. The normalized spacial score (nSPS) is 40.4. The molecule has 10 rings (SSSR count). The van der Waals surface area contributed by atoms with Crippen LogP contribution in [0.1, 0.15) is 69.3 Å². The molecule has 5 nitrogen and oxygen atoms in total. The number of hydrogen-bond acceptors (Lipinski definition) is 2. The van der Waals surface area contributed by atoms with Crippen LogP contribution in [0.15, 0.2) is 76.4 Å². The van der Waals surface area contributed by atoms with Crippen LogP contribution in [0.3, 0.4) is 0 Å². The van der Waals surface area contributed by atoms with Gasteiger partial charge >= 0.3 is 11.4 Å². The molecule has 37 heavy (non-hydrogen) atoms. The number of hydrogen-bond donors (Lipinski definition) is 0. The lowest BCUT2D eigenvalue weighted by Gasteiger charge is -2.65. The van der Waals surface area contributed by atoms with Gasteiger partial charge in [0.15, 0.2) is 0 Å². The zero-order chi connectivity index (χ0) is 25.1. The van der Waals surface area contributed by atoms with E-state index in [1.54, 1.807) is 4.57 Å². The van der Waals surface area contributed by atoms with E-state index < -0.39 is 0 Å². The van der Waals surface area contributed by atoms with Crippen LogP contribution >= 0.6 is 0 Å². The highest BCUT2D eigenvalue weighted by molar-refractivity contribution is 5.93. The van der Waals surface area contributed by atoms with Gasteiger partial charge in [-0.15, -0.1) is 0 Å². The van der Waals surface area contributed by atoms with Gasteiger partial charge in [0, 0.05) is 11.5 Å². The monoisotopic (exact) mass is 489 g/mol. The minimum Gasteiger partial charge on any atom is -0.246 e. The number of rotatable bonds is 1. The van der Waals surface area contributed by atoms with Crippen LogP contribution in [0.2, 0.25) is 0 Å². The van der Waals surface area contributed by atoms with Crippen molar-refractivity contribution >= 4 is 16.8 Å². The van der Waals surface area contributed by atoms with Crippen molar-refractivity contribution in [3.63, 3.8) is 0 Å². The van der Waals surface area contributed by atoms with Crippen LogP contribution in [0.4, 0.5) is 0 Å². The van der Waals surface area contributed by atoms with Crippen molar-refractivity contribution in [1.82, 2.24) is 13.9 Å². The van der Waals surface area contributed by atoms with Gasteiger partial charge in [-0.3, -0.25) is 0 Å². The summed E-state index contributed by atoms with van der Waals surface area (Å²) >= 11 is 0. The lowest BCUT2D eigenvalue weighted by atomic mass is 9.42. The Labute approximate surface area is 215 Å².